The van der Waals surface area contributed by atoms with Gasteiger partial charge in [-0.1, -0.05) is 67.6 Å². The summed E-state index contributed by atoms with van der Waals surface area (Å²) in [6, 6.07) is 20.5. The Morgan fingerprint density at radius 2 is 1.57 bits per heavy atom. The SMILES string of the molecule is CCC(=O)OS(=O)(=O)C(C)[C@H]1CN(C(c2ccccc2)c2ccccc2)[C@@H]1C. The first-order valence-electron chi connectivity index (χ1n) is 9.67. The van der Waals surface area contributed by atoms with Gasteiger partial charge in [0.25, 0.3) is 0 Å². The first-order valence-corrected chi connectivity index (χ1v) is 11.1. The van der Waals surface area contributed by atoms with E-state index in [4.69, 9.17) is 4.18 Å². The van der Waals surface area contributed by atoms with Crippen LogP contribution < -0.4 is 0 Å². The lowest BCUT2D eigenvalue weighted by atomic mass is 9.82. The molecule has 1 aliphatic heterocycles. The van der Waals surface area contributed by atoms with Gasteiger partial charge in [-0.2, -0.15) is 8.42 Å². The minimum absolute atomic E-state index is 0.0375. The van der Waals surface area contributed by atoms with E-state index in [9.17, 15) is 13.2 Å². The molecule has 0 aliphatic carbocycles. The van der Waals surface area contributed by atoms with E-state index in [1.54, 1.807) is 13.8 Å². The third kappa shape index (κ3) is 4.13. The average molecular weight is 402 g/mol. The van der Waals surface area contributed by atoms with Crippen LogP contribution in [0.4, 0.5) is 0 Å². The van der Waals surface area contributed by atoms with Crippen molar-refractivity contribution in [3.05, 3.63) is 71.8 Å². The smallest absolute Gasteiger partial charge is 0.321 e. The topological polar surface area (TPSA) is 63.7 Å². The fourth-order valence-corrected chi connectivity index (χ4v) is 5.15. The van der Waals surface area contributed by atoms with Gasteiger partial charge in [0, 0.05) is 24.9 Å². The first-order chi connectivity index (χ1) is 13.3. The zero-order chi connectivity index (χ0) is 20.3. The van der Waals surface area contributed by atoms with Gasteiger partial charge in [-0.3, -0.25) is 9.69 Å². The van der Waals surface area contributed by atoms with Gasteiger partial charge in [0.2, 0.25) is 0 Å². The molecule has 2 aromatic carbocycles. The van der Waals surface area contributed by atoms with Crippen LogP contribution >= 0.6 is 0 Å². The second-order valence-corrected chi connectivity index (χ2v) is 9.23. The highest BCUT2D eigenvalue weighted by Crippen LogP contribution is 2.41. The zero-order valence-electron chi connectivity index (χ0n) is 16.5. The molecule has 2 aromatic rings. The van der Waals surface area contributed by atoms with Gasteiger partial charge >= 0.3 is 16.1 Å². The highest BCUT2D eigenvalue weighted by Gasteiger charge is 2.47. The van der Waals surface area contributed by atoms with E-state index in [0.29, 0.717) is 6.54 Å². The highest BCUT2D eigenvalue weighted by atomic mass is 32.2. The first kappa shape index (κ1) is 20.6. The largest absolute Gasteiger partial charge is 0.346 e. The molecule has 0 spiro atoms. The molecule has 5 nitrogen and oxygen atoms in total. The summed E-state index contributed by atoms with van der Waals surface area (Å²) in [5.74, 6) is -0.799. The third-order valence-electron chi connectivity index (χ3n) is 5.68. The van der Waals surface area contributed by atoms with E-state index in [-0.39, 0.29) is 24.4 Å². The molecular weight excluding hydrogens is 374 g/mol. The predicted octanol–water partition coefficient (Wildman–Crippen LogP) is 3.77. The van der Waals surface area contributed by atoms with Crippen LogP contribution in [-0.2, 0) is 19.1 Å². The molecule has 1 saturated heterocycles. The number of likely N-dealkylation sites (tertiary alicyclic amines) is 1. The molecular formula is C22H27NO4S. The molecule has 1 unspecified atom stereocenters. The Morgan fingerprint density at radius 3 is 2.00 bits per heavy atom. The van der Waals surface area contributed by atoms with Gasteiger partial charge in [0.1, 0.15) is 5.25 Å². The fraction of sp³-hybridized carbons (Fsp3) is 0.409. The number of rotatable bonds is 7. The van der Waals surface area contributed by atoms with Gasteiger partial charge in [0.05, 0.1) is 6.04 Å². The van der Waals surface area contributed by atoms with Gasteiger partial charge in [-0.05, 0) is 25.0 Å². The molecule has 1 aliphatic rings. The van der Waals surface area contributed by atoms with Gasteiger partial charge in [-0.25, -0.2) is 0 Å². The molecule has 0 amide bonds. The van der Waals surface area contributed by atoms with E-state index >= 15 is 0 Å². The van der Waals surface area contributed by atoms with Crippen molar-refractivity contribution in [1.29, 1.82) is 0 Å². The third-order valence-corrected chi connectivity index (χ3v) is 7.36. The van der Waals surface area contributed by atoms with E-state index < -0.39 is 21.3 Å². The Bertz CT molecular complexity index is 859. The summed E-state index contributed by atoms with van der Waals surface area (Å²) in [4.78, 5) is 13.8. The van der Waals surface area contributed by atoms with Gasteiger partial charge in [0.15, 0.2) is 0 Å². The van der Waals surface area contributed by atoms with E-state index in [1.165, 1.54) is 11.1 Å². The van der Waals surface area contributed by atoms with Crippen molar-refractivity contribution >= 4 is 16.1 Å². The summed E-state index contributed by atoms with van der Waals surface area (Å²) in [7, 11) is -3.92. The van der Waals surface area contributed by atoms with Crippen molar-refractivity contribution in [2.24, 2.45) is 5.92 Å². The summed E-state index contributed by atoms with van der Waals surface area (Å²) in [6.07, 6.45) is 0.0440. The molecule has 0 N–H and O–H groups in total. The Kier molecular flexibility index (Phi) is 6.20. The van der Waals surface area contributed by atoms with Gasteiger partial charge < -0.3 is 4.18 Å². The molecule has 0 bridgehead atoms. The summed E-state index contributed by atoms with van der Waals surface area (Å²) in [6.45, 7) is 5.89. The van der Waals surface area contributed by atoms with Crippen molar-refractivity contribution in [3.8, 4) is 0 Å². The average Bonchev–Trinajstić information content (AvgIpc) is 2.70. The Balaban J connectivity index is 1.81. The monoisotopic (exact) mass is 401 g/mol. The lowest BCUT2D eigenvalue weighted by Gasteiger charge is -2.52. The molecule has 28 heavy (non-hydrogen) atoms. The Labute approximate surface area is 167 Å². The number of carbonyl (C=O) groups excluding carboxylic acids is 1. The quantitative estimate of drug-likeness (QED) is 0.661. The van der Waals surface area contributed by atoms with Crippen LogP contribution in [0, 0.1) is 5.92 Å². The number of benzene rings is 2. The minimum atomic E-state index is -3.92. The lowest BCUT2D eigenvalue weighted by Crippen LogP contribution is -2.60. The van der Waals surface area contributed by atoms with Crippen LogP contribution in [0.2, 0.25) is 0 Å². The number of hydrogen-bond donors (Lipinski definition) is 0. The van der Waals surface area contributed by atoms with Gasteiger partial charge in [-0.15, -0.1) is 0 Å². The van der Waals surface area contributed by atoms with Crippen LogP contribution in [0.3, 0.4) is 0 Å². The second-order valence-electron chi connectivity index (χ2n) is 7.33. The maximum atomic E-state index is 12.4. The van der Waals surface area contributed by atoms with Crippen molar-refractivity contribution in [2.45, 2.75) is 44.5 Å². The summed E-state index contributed by atoms with van der Waals surface area (Å²) in [5.41, 5.74) is 2.35. The number of nitrogens with zero attached hydrogens (tertiary/aromatic N) is 1. The van der Waals surface area contributed by atoms with Crippen molar-refractivity contribution in [2.75, 3.05) is 6.54 Å². The van der Waals surface area contributed by atoms with E-state index in [0.717, 1.165) is 0 Å². The molecule has 150 valence electrons. The maximum Gasteiger partial charge on any atom is 0.321 e. The fourth-order valence-electron chi connectivity index (χ4n) is 3.88. The van der Waals surface area contributed by atoms with E-state index in [1.807, 2.05) is 43.3 Å². The van der Waals surface area contributed by atoms with Crippen LogP contribution in [0.25, 0.3) is 0 Å². The highest BCUT2D eigenvalue weighted by molar-refractivity contribution is 7.87. The molecule has 0 aromatic heterocycles. The normalized spacial score (nSPS) is 21.1. The van der Waals surface area contributed by atoms with Crippen molar-refractivity contribution < 1.29 is 17.4 Å². The second kappa shape index (κ2) is 8.45. The van der Waals surface area contributed by atoms with Crippen LogP contribution in [0.15, 0.2) is 60.7 Å². The minimum Gasteiger partial charge on any atom is -0.346 e. The summed E-state index contributed by atoms with van der Waals surface area (Å²) >= 11 is 0. The molecule has 3 rings (SSSR count). The zero-order valence-corrected chi connectivity index (χ0v) is 17.3. The lowest BCUT2D eigenvalue weighted by molar-refractivity contribution is -0.133. The summed E-state index contributed by atoms with van der Waals surface area (Å²) < 4.78 is 29.6. The molecule has 1 fully saturated rings. The number of carbonyl (C=O) groups is 1. The Hall–Kier alpha value is -2.18. The molecule has 1 heterocycles. The molecule has 3 atom stereocenters. The van der Waals surface area contributed by atoms with Crippen molar-refractivity contribution in [3.63, 3.8) is 0 Å². The predicted molar refractivity (Wildman–Crippen MR) is 109 cm³/mol. The molecule has 0 saturated carbocycles. The van der Waals surface area contributed by atoms with Crippen molar-refractivity contribution in [1.82, 2.24) is 4.90 Å². The van der Waals surface area contributed by atoms with Crippen LogP contribution in [0.5, 0.6) is 0 Å². The standard InChI is InChI=1S/C22H27NO4S/c1-4-21(24)27-28(25,26)17(3)20-15-23(16(20)2)22(18-11-7-5-8-12-18)19-13-9-6-10-14-19/h5-14,16-17,20,22H,4,15H2,1-3H3/t16-,17?,20+/m1/s1. The van der Waals surface area contributed by atoms with E-state index in [2.05, 4.69) is 29.2 Å². The summed E-state index contributed by atoms with van der Waals surface area (Å²) in [5, 5.41) is -0.735. The number of hydrogen-bond acceptors (Lipinski definition) is 5. The maximum absolute atomic E-state index is 12.4. The van der Waals surface area contributed by atoms with Crippen LogP contribution in [-0.4, -0.2) is 37.1 Å². The Morgan fingerprint density at radius 1 is 1.07 bits per heavy atom. The van der Waals surface area contributed by atoms with Crippen LogP contribution in [0.1, 0.15) is 44.4 Å². The molecule has 0 radical (unpaired) electrons. The molecule has 6 heteroatoms.